The van der Waals surface area contributed by atoms with Gasteiger partial charge in [-0.3, -0.25) is 0 Å². The quantitative estimate of drug-likeness (QED) is 0.635. The maximum atomic E-state index is 11.5. The lowest BCUT2D eigenvalue weighted by molar-refractivity contribution is -0.197. The smallest absolute Gasteiger partial charge is 0.330 e. The van der Waals surface area contributed by atoms with Crippen molar-refractivity contribution in [3.8, 4) is 0 Å². The van der Waals surface area contributed by atoms with E-state index in [1.54, 1.807) is 0 Å². The maximum Gasteiger partial charge on any atom is 0.330 e. The predicted molar refractivity (Wildman–Crippen MR) is 77.0 cm³/mol. The average Bonchev–Trinajstić information content (AvgIpc) is 2.36. The van der Waals surface area contributed by atoms with Crippen LogP contribution in [0.25, 0.3) is 0 Å². The highest BCUT2D eigenvalue weighted by Crippen LogP contribution is 2.67. The van der Waals surface area contributed by atoms with Crippen molar-refractivity contribution in [1.29, 1.82) is 0 Å². The number of ether oxygens (including phenoxy) is 1. The second-order valence-corrected chi connectivity index (χ2v) is 7.64. The molecule has 4 saturated carbocycles. The van der Waals surface area contributed by atoms with Crippen LogP contribution in [-0.4, -0.2) is 23.3 Å². The molecule has 0 aromatic rings. The molecule has 0 spiro atoms. The van der Waals surface area contributed by atoms with Gasteiger partial charge in [0.2, 0.25) is 0 Å². The van der Waals surface area contributed by atoms with Gasteiger partial charge in [-0.25, -0.2) is 4.79 Å². The largest absolute Gasteiger partial charge is 0.459 e. The Bertz CT molecular complexity index is 412. The van der Waals surface area contributed by atoms with Crippen LogP contribution in [0.3, 0.4) is 0 Å². The number of carbonyl (C=O) groups is 1. The van der Waals surface area contributed by atoms with Gasteiger partial charge < -0.3 is 9.84 Å². The molecular weight excluding hydrogens is 252 g/mol. The summed E-state index contributed by atoms with van der Waals surface area (Å²) in [6.45, 7) is 7.47. The molecule has 0 amide bonds. The zero-order valence-electron chi connectivity index (χ0n) is 12.6. The number of aliphatic hydroxyl groups is 1. The third-order valence-corrected chi connectivity index (χ3v) is 6.36. The Balaban J connectivity index is 1.86. The Kier molecular flexibility index (Phi) is 3.24. The third kappa shape index (κ3) is 2.02. The van der Waals surface area contributed by atoms with Crippen LogP contribution < -0.4 is 0 Å². The fourth-order valence-electron chi connectivity index (χ4n) is 5.72. The van der Waals surface area contributed by atoms with Gasteiger partial charge in [-0.05, 0) is 69.6 Å². The Labute approximate surface area is 121 Å². The summed E-state index contributed by atoms with van der Waals surface area (Å²) in [6, 6.07) is 0. The van der Waals surface area contributed by atoms with Gasteiger partial charge in [0.25, 0.3) is 0 Å². The first-order valence-electron chi connectivity index (χ1n) is 7.90. The molecule has 3 nitrogen and oxygen atoms in total. The number of esters is 1. The molecule has 4 aliphatic carbocycles. The van der Waals surface area contributed by atoms with Gasteiger partial charge >= 0.3 is 5.97 Å². The van der Waals surface area contributed by atoms with E-state index in [0.29, 0.717) is 11.8 Å². The van der Waals surface area contributed by atoms with Gasteiger partial charge in [-0.15, -0.1) is 0 Å². The van der Waals surface area contributed by atoms with E-state index >= 15 is 0 Å². The van der Waals surface area contributed by atoms with E-state index in [0.717, 1.165) is 32.1 Å². The third-order valence-electron chi connectivity index (χ3n) is 6.36. The molecule has 4 aliphatic rings. The first-order valence-corrected chi connectivity index (χ1v) is 7.90. The molecule has 0 aromatic carbocycles. The molecule has 0 aliphatic heterocycles. The number of hydrogen-bond acceptors (Lipinski definition) is 3. The summed E-state index contributed by atoms with van der Waals surface area (Å²) in [5, 5.41) is 10.3. The Morgan fingerprint density at radius 3 is 2.30 bits per heavy atom. The Hall–Kier alpha value is -0.830. The van der Waals surface area contributed by atoms with Crippen molar-refractivity contribution in [3.05, 3.63) is 12.7 Å². The van der Waals surface area contributed by atoms with E-state index in [9.17, 15) is 9.90 Å². The number of aliphatic hydroxyl groups excluding tert-OH is 1. The van der Waals surface area contributed by atoms with Gasteiger partial charge in [-0.2, -0.15) is 0 Å². The summed E-state index contributed by atoms with van der Waals surface area (Å²) in [6.07, 6.45) is 7.87. The minimum atomic E-state index is -0.320. The maximum absolute atomic E-state index is 11.5. The highest BCUT2D eigenvalue weighted by molar-refractivity contribution is 5.81. The van der Waals surface area contributed by atoms with Crippen LogP contribution in [0.5, 0.6) is 0 Å². The van der Waals surface area contributed by atoms with E-state index in [-0.39, 0.29) is 29.0 Å². The van der Waals surface area contributed by atoms with Crippen molar-refractivity contribution in [2.24, 2.45) is 22.7 Å². The van der Waals surface area contributed by atoms with Crippen molar-refractivity contribution in [2.45, 2.75) is 64.6 Å². The Morgan fingerprint density at radius 2 is 1.80 bits per heavy atom. The normalized spacial score (nSPS) is 45.0. The SMILES string of the molecule is C=CC(=O)OC(C)C12CC3CC(CC(C(C)O)(C3)C1)C2. The van der Waals surface area contributed by atoms with E-state index in [1.165, 1.54) is 12.5 Å². The van der Waals surface area contributed by atoms with Gasteiger partial charge in [-0.1, -0.05) is 6.58 Å². The fraction of sp³-hybridized carbons (Fsp3) is 0.824. The van der Waals surface area contributed by atoms with Crippen LogP contribution in [-0.2, 0) is 9.53 Å². The van der Waals surface area contributed by atoms with Crippen molar-refractivity contribution >= 4 is 5.97 Å². The summed E-state index contributed by atoms with van der Waals surface area (Å²) in [5.74, 6) is 1.09. The zero-order valence-corrected chi connectivity index (χ0v) is 12.6. The number of hydrogen-bond donors (Lipinski definition) is 1. The molecule has 112 valence electrons. The molecular formula is C17H26O3. The lowest BCUT2D eigenvalue weighted by atomic mass is 9.42. The standard InChI is InChI=1S/C17H26O3/c1-4-15(19)20-12(3)17-8-13-5-14(9-17)7-16(6-13,10-17)11(2)18/h4,11-14,18H,1,5-10H2,2-3H3. The minimum absolute atomic E-state index is 0.0684. The summed E-state index contributed by atoms with van der Waals surface area (Å²) < 4.78 is 5.57. The van der Waals surface area contributed by atoms with E-state index in [1.807, 2.05) is 13.8 Å². The Morgan fingerprint density at radius 1 is 1.25 bits per heavy atom. The van der Waals surface area contributed by atoms with Gasteiger partial charge in [0, 0.05) is 11.5 Å². The molecule has 1 N–H and O–H groups in total. The van der Waals surface area contributed by atoms with Crippen molar-refractivity contribution in [2.75, 3.05) is 0 Å². The zero-order chi connectivity index (χ0) is 14.5. The lowest BCUT2D eigenvalue weighted by Crippen LogP contribution is -2.59. The van der Waals surface area contributed by atoms with Crippen LogP contribution in [0.1, 0.15) is 52.4 Å². The van der Waals surface area contributed by atoms with Crippen molar-refractivity contribution in [3.63, 3.8) is 0 Å². The van der Waals surface area contributed by atoms with Crippen molar-refractivity contribution < 1.29 is 14.6 Å². The molecule has 3 heteroatoms. The van der Waals surface area contributed by atoms with Crippen LogP contribution in [0.15, 0.2) is 12.7 Å². The van der Waals surface area contributed by atoms with Crippen LogP contribution in [0.2, 0.25) is 0 Å². The minimum Gasteiger partial charge on any atom is -0.459 e. The van der Waals surface area contributed by atoms with Gasteiger partial charge in [0.1, 0.15) is 6.10 Å². The van der Waals surface area contributed by atoms with Crippen molar-refractivity contribution in [1.82, 2.24) is 0 Å². The second-order valence-electron chi connectivity index (χ2n) is 7.64. The molecule has 0 aromatic heterocycles. The summed E-state index contributed by atoms with van der Waals surface area (Å²) in [4.78, 5) is 11.5. The lowest BCUT2D eigenvalue weighted by Gasteiger charge is -2.64. The molecule has 4 unspecified atom stereocenters. The van der Waals surface area contributed by atoms with Gasteiger partial charge in [0.15, 0.2) is 0 Å². The fourth-order valence-corrected chi connectivity index (χ4v) is 5.72. The first kappa shape index (κ1) is 14.1. The van der Waals surface area contributed by atoms with Crippen LogP contribution >= 0.6 is 0 Å². The number of carbonyl (C=O) groups excluding carboxylic acids is 1. The second kappa shape index (κ2) is 4.59. The average molecular weight is 278 g/mol. The first-order chi connectivity index (χ1) is 9.39. The highest BCUT2D eigenvalue weighted by atomic mass is 16.5. The number of rotatable bonds is 4. The molecule has 0 radical (unpaired) electrons. The van der Waals surface area contributed by atoms with Crippen LogP contribution in [0.4, 0.5) is 0 Å². The van der Waals surface area contributed by atoms with E-state index in [4.69, 9.17) is 4.74 Å². The van der Waals surface area contributed by atoms with E-state index in [2.05, 4.69) is 6.58 Å². The molecule has 4 bridgehead atoms. The summed E-state index contributed by atoms with van der Waals surface area (Å²) in [5.41, 5.74) is 0.151. The molecule has 0 saturated heterocycles. The highest BCUT2D eigenvalue weighted by Gasteiger charge is 2.61. The molecule has 4 atom stereocenters. The summed E-state index contributed by atoms with van der Waals surface area (Å²) in [7, 11) is 0. The molecule has 0 heterocycles. The monoisotopic (exact) mass is 278 g/mol. The molecule has 4 rings (SSSR count). The molecule has 4 fully saturated rings. The summed E-state index contributed by atoms with van der Waals surface area (Å²) >= 11 is 0. The molecule has 20 heavy (non-hydrogen) atoms. The van der Waals surface area contributed by atoms with Crippen LogP contribution in [0, 0.1) is 22.7 Å². The predicted octanol–water partition coefficient (Wildman–Crippen LogP) is 3.07. The van der Waals surface area contributed by atoms with Gasteiger partial charge in [0.05, 0.1) is 6.10 Å². The van der Waals surface area contributed by atoms with E-state index < -0.39 is 0 Å². The topological polar surface area (TPSA) is 46.5 Å².